The zero-order chi connectivity index (χ0) is 15.9. The first-order valence-corrected chi connectivity index (χ1v) is 7.14. The molecule has 2 aromatic carbocycles. The number of rotatable bonds is 5. The molecule has 2 rings (SSSR count). The van der Waals surface area contributed by atoms with E-state index in [0.717, 1.165) is 11.3 Å². The van der Waals surface area contributed by atoms with Gasteiger partial charge in [-0.1, -0.05) is 24.3 Å². The number of ether oxygens (including phenoxy) is 1. The summed E-state index contributed by atoms with van der Waals surface area (Å²) in [5, 5.41) is 12.9. The lowest BCUT2D eigenvalue weighted by Crippen LogP contribution is -2.29. The molecule has 0 saturated heterocycles. The van der Waals surface area contributed by atoms with Crippen LogP contribution >= 0.6 is 0 Å². The van der Waals surface area contributed by atoms with Crippen LogP contribution in [-0.4, -0.2) is 29.7 Å². The third kappa shape index (κ3) is 4.15. The second-order valence-corrected chi connectivity index (χ2v) is 4.89. The van der Waals surface area contributed by atoms with Crippen LogP contribution in [-0.2, 0) is 6.54 Å². The van der Waals surface area contributed by atoms with Gasteiger partial charge in [-0.05, 0) is 25.1 Å². The van der Waals surface area contributed by atoms with Crippen molar-refractivity contribution in [3.8, 4) is 11.5 Å². The highest BCUT2D eigenvalue weighted by molar-refractivity contribution is 5.70. The second-order valence-electron chi connectivity index (χ2n) is 4.89. The van der Waals surface area contributed by atoms with E-state index in [-0.39, 0.29) is 11.8 Å². The normalized spacial score (nSPS) is 10.1. The minimum absolute atomic E-state index is 0.252. The lowest BCUT2D eigenvalue weighted by Gasteiger charge is -2.15. The Bertz CT molecular complexity index is 643. The second kappa shape index (κ2) is 7.36. The average molecular weight is 300 g/mol. The van der Waals surface area contributed by atoms with Gasteiger partial charge in [-0.25, -0.2) is 4.79 Å². The standard InChI is InChI=1S/C17H20N2O3/c1-3-19(2)17(21)22-15-9-6-8-14(11-15)18-12-13-7-4-5-10-16(13)20/h4-11,18,20H,3,12H2,1-2H3. The van der Waals surface area contributed by atoms with E-state index in [9.17, 15) is 9.90 Å². The number of carbonyl (C=O) groups is 1. The number of carbonyl (C=O) groups excluding carboxylic acids is 1. The molecule has 0 bridgehead atoms. The predicted molar refractivity (Wildman–Crippen MR) is 86.2 cm³/mol. The first-order valence-electron chi connectivity index (χ1n) is 7.14. The zero-order valence-electron chi connectivity index (χ0n) is 12.7. The summed E-state index contributed by atoms with van der Waals surface area (Å²) in [6, 6.07) is 14.3. The fourth-order valence-corrected chi connectivity index (χ4v) is 1.83. The van der Waals surface area contributed by atoms with E-state index in [1.54, 1.807) is 31.3 Å². The van der Waals surface area contributed by atoms with Crippen LogP contribution in [0.3, 0.4) is 0 Å². The number of hydrogen-bond donors (Lipinski definition) is 2. The lowest BCUT2D eigenvalue weighted by molar-refractivity contribution is 0.165. The maximum atomic E-state index is 11.7. The molecule has 116 valence electrons. The quantitative estimate of drug-likeness (QED) is 0.887. The number of nitrogens with one attached hydrogen (secondary N) is 1. The van der Waals surface area contributed by atoms with Crippen molar-refractivity contribution in [3.63, 3.8) is 0 Å². The molecule has 0 aliphatic carbocycles. The number of phenols is 1. The Kier molecular flexibility index (Phi) is 5.25. The summed E-state index contributed by atoms with van der Waals surface area (Å²) in [7, 11) is 1.68. The number of anilines is 1. The van der Waals surface area contributed by atoms with Gasteiger partial charge in [-0.3, -0.25) is 0 Å². The van der Waals surface area contributed by atoms with Crippen LogP contribution in [0.15, 0.2) is 48.5 Å². The summed E-state index contributed by atoms with van der Waals surface area (Å²) in [6.07, 6.45) is -0.389. The van der Waals surface area contributed by atoms with Crippen molar-refractivity contribution in [1.82, 2.24) is 4.90 Å². The summed E-state index contributed by atoms with van der Waals surface area (Å²) in [6.45, 7) is 2.95. The number of benzene rings is 2. The molecule has 1 amide bonds. The molecule has 0 radical (unpaired) electrons. The smallest absolute Gasteiger partial charge is 0.414 e. The third-order valence-corrected chi connectivity index (χ3v) is 3.30. The van der Waals surface area contributed by atoms with E-state index < -0.39 is 0 Å². The van der Waals surface area contributed by atoms with E-state index in [0.29, 0.717) is 18.8 Å². The van der Waals surface area contributed by atoms with Crippen molar-refractivity contribution < 1.29 is 14.6 Å². The Morgan fingerprint density at radius 1 is 1.23 bits per heavy atom. The van der Waals surface area contributed by atoms with Gasteiger partial charge in [-0.2, -0.15) is 0 Å². The van der Waals surface area contributed by atoms with Gasteiger partial charge in [0.25, 0.3) is 0 Å². The van der Waals surface area contributed by atoms with E-state index in [4.69, 9.17) is 4.74 Å². The molecule has 0 aliphatic rings. The van der Waals surface area contributed by atoms with Gasteiger partial charge < -0.3 is 20.1 Å². The van der Waals surface area contributed by atoms with Crippen LogP contribution in [0.25, 0.3) is 0 Å². The average Bonchev–Trinajstić information content (AvgIpc) is 2.53. The minimum Gasteiger partial charge on any atom is -0.508 e. The monoisotopic (exact) mass is 300 g/mol. The van der Waals surface area contributed by atoms with Crippen molar-refractivity contribution in [2.75, 3.05) is 18.9 Å². The number of phenolic OH excluding ortho intramolecular Hbond substituents is 1. The third-order valence-electron chi connectivity index (χ3n) is 3.30. The first kappa shape index (κ1) is 15.7. The SMILES string of the molecule is CCN(C)C(=O)Oc1cccc(NCc2ccccc2O)c1. The number of para-hydroxylation sites is 1. The van der Waals surface area contributed by atoms with Gasteiger partial charge in [0.2, 0.25) is 0 Å². The van der Waals surface area contributed by atoms with Gasteiger partial charge in [-0.15, -0.1) is 0 Å². The molecular formula is C17H20N2O3. The number of aromatic hydroxyl groups is 1. The van der Waals surface area contributed by atoms with Crippen LogP contribution in [0, 0.1) is 0 Å². The van der Waals surface area contributed by atoms with Gasteiger partial charge in [0.1, 0.15) is 11.5 Å². The Morgan fingerprint density at radius 2 is 2.00 bits per heavy atom. The molecule has 2 N–H and O–H groups in total. The van der Waals surface area contributed by atoms with Crippen molar-refractivity contribution in [1.29, 1.82) is 0 Å². The Labute approximate surface area is 130 Å². The highest BCUT2D eigenvalue weighted by Gasteiger charge is 2.09. The predicted octanol–water partition coefficient (Wildman–Crippen LogP) is 3.45. The van der Waals surface area contributed by atoms with Gasteiger partial charge in [0.05, 0.1) is 0 Å². The molecular weight excluding hydrogens is 280 g/mol. The topological polar surface area (TPSA) is 61.8 Å². The maximum Gasteiger partial charge on any atom is 0.414 e. The van der Waals surface area contributed by atoms with E-state index in [2.05, 4.69) is 5.32 Å². The molecule has 2 aromatic rings. The minimum atomic E-state index is -0.389. The van der Waals surface area contributed by atoms with E-state index in [1.807, 2.05) is 31.2 Å². The van der Waals surface area contributed by atoms with Crippen LogP contribution in [0.1, 0.15) is 12.5 Å². The molecule has 22 heavy (non-hydrogen) atoms. The van der Waals surface area contributed by atoms with E-state index in [1.165, 1.54) is 4.90 Å². The van der Waals surface area contributed by atoms with Crippen molar-refractivity contribution >= 4 is 11.8 Å². The lowest BCUT2D eigenvalue weighted by atomic mass is 10.2. The molecule has 5 nitrogen and oxygen atoms in total. The molecule has 0 atom stereocenters. The van der Waals surface area contributed by atoms with E-state index >= 15 is 0 Å². The fourth-order valence-electron chi connectivity index (χ4n) is 1.83. The van der Waals surface area contributed by atoms with Crippen molar-refractivity contribution in [2.24, 2.45) is 0 Å². The van der Waals surface area contributed by atoms with Crippen LogP contribution in [0.5, 0.6) is 11.5 Å². The summed E-state index contributed by atoms with van der Waals surface area (Å²) in [5.74, 6) is 0.731. The van der Waals surface area contributed by atoms with Crippen LogP contribution in [0.4, 0.5) is 10.5 Å². The molecule has 5 heteroatoms. The van der Waals surface area contributed by atoms with Crippen LogP contribution in [0.2, 0.25) is 0 Å². The van der Waals surface area contributed by atoms with Crippen molar-refractivity contribution in [2.45, 2.75) is 13.5 Å². The van der Waals surface area contributed by atoms with Gasteiger partial charge >= 0.3 is 6.09 Å². The van der Waals surface area contributed by atoms with Gasteiger partial charge in [0.15, 0.2) is 0 Å². The summed E-state index contributed by atoms with van der Waals surface area (Å²) < 4.78 is 5.28. The Hall–Kier alpha value is -2.69. The fraction of sp³-hybridized carbons (Fsp3) is 0.235. The molecule has 0 unspecified atom stereocenters. The highest BCUT2D eigenvalue weighted by Crippen LogP contribution is 2.21. The number of nitrogens with zero attached hydrogens (tertiary/aromatic N) is 1. The van der Waals surface area contributed by atoms with Crippen molar-refractivity contribution in [3.05, 3.63) is 54.1 Å². The maximum absolute atomic E-state index is 11.7. The Balaban J connectivity index is 2.00. The largest absolute Gasteiger partial charge is 0.508 e. The summed E-state index contributed by atoms with van der Waals surface area (Å²) in [5.41, 5.74) is 1.61. The molecule has 0 heterocycles. The number of hydrogen-bond acceptors (Lipinski definition) is 4. The molecule has 0 fully saturated rings. The molecule has 0 spiro atoms. The van der Waals surface area contributed by atoms with Crippen LogP contribution < -0.4 is 10.1 Å². The number of amides is 1. The zero-order valence-corrected chi connectivity index (χ0v) is 12.7. The first-order chi connectivity index (χ1) is 10.6. The summed E-state index contributed by atoms with van der Waals surface area (Å²) in [4.78, 5) is 13.2. The summed E-state index contributed by atoms with van der Waals surface area (Å²) >= 11 is 0. The molecule has 0 aromatic heterocycles. The molecule has 0 aliphatic heterocycles. The Morgan fingerprint density at radius 3 is 2.73 bits per heavy atom. The molecule has 0 saturated carbocycles. The highest BCUT2D eigenvalue weighted by atomic mass is 16.6. The van der Waals surface area contributed by atoms with Gasteiger partial charge in [0, 0.05) is 37.5 Å².